The van der Waals surface area contributed by atoms with E-state index < -0.39 is 9.84 Å². The maximum atomic E-state index is 12.5. The van der Waals surface area contributed by atoms with Crippen molar-refractivity contribution in [2.24, 2.45) is 0 Å². The van der Waals surface area contributed by atoms with E-state index in [1.807, 2.05) is 32.0 Å². The Morgan fingerprint density at radius 2 is 1.55 bits per heavy atom. The fourth-order valence-electron chi connectivity index (χ4n) is 2.47. The summed E-state index contributed by atoms with van der Waals surface area (Å²) in [7, 11) is -3.35. The molecule has 0 heterocycles. The molecule has 0 atom stereocenters. The molecule has 2 rings (SSSR count). The Balaban J connectivity index is 2.40. The number of hydrogen-bond acceptors (Lipinski definition) is 3. The van der Waals surface area contributed by atoms with Gasteiger partial charge in [0, 0.05) is 5.69 Å². The monoisotopic (exact) mass is 289 g/mol. The second-order valence-corrected chi connectivity index (χ2v) is 7.24. The van der Waals surface area contributed by atoms with Gasteiger partial charge in [-0.1, -0.05) is 29.3 Å². The lowest BCUT2D eigenvalue weighted by molar-refractivity contribution is 0.594. The van der Waals surface area contributed by atoms with Crippen molar-refractivity contribution >= 4 is 15.5 Å². The number of sulfone groups is 1. The third-order valence-electron chi connectivity index (χ3n) is 3.17. The van der Waals surface area contributed by atoms with Crippen LogP contribution in [-0.2, 0) is 15.6 Å². The minimum absolute atomic E-state index is 0.0142. The summed E-state index contributed by atoms with van der Waals surface area (Å²) in [6.45, 7) is 5.71. The Hall–Kier alpha value is -1.81. The van der Waals surface area contributed by atoms with Crippen LogP contribution in [-0.4, -0.2) is 8.42 Å². The highest BCUT2D eigenvalue weighted by atomic mass is 32.2. The smallest absolute Gasteiger partial charge is 0.182 e. The molecule has 0 bridgehead atoms. The zero-order chi connectivity index (χ0) is 14.9. The summed E-state index contributed by atoms with van der Waals surface area (Å²) in [6, 6.07) is 10.8. The quantitative estimate of drug-likeness (QED) is 0.883. The molecule has 0 aliphatic rings. The first-order chi connectivity index (χ1) is 9.28. The van der Waals surface area contributed by atoms with Gasteiger partial charge in [-0.3, -0.25) is 0 Å². The maximum absolute atomic E-state index is 12.5. The van der Waals surface area contributed by atoms with Crippen LogP contribution in [0.4, 0.5) is 5.69 Å². The third kappa shape index (κ3) is 3.20. The van der Waals surface area contributed by atoms with Gasteiger partial charge in [0.05, 0.1) is 10.6 Å². The van der Waals surface area contributed by atoms with Gasteiger partial charge in [0.2, 0.25) is 0 Å². The molecule has 106 valence electrons. The van der Waals surface area contributed by atoms with Crippen molar-refractivity contribution in [1.29, 1.82) is 0 Å². The number of nitrogens with two attached hydrogens (primary N) is 1. The van der Waals surface area contributed by atoms with Crippen LogP contribution >= 0.6 is 0 Å². The predicted molar refractivity (Wildman–Crippen MR) is 82.4 cm³/mol. The van der Waals surface area contributed by atoms with Crippen LogP contribution in [0.5, 0.6) is 0 Å². The number of rotatable bonds is 3. The Morgan fingerprint density at radius 1 is 0.950 bits per heavy atom. The van der Waals surface area contributed by atoms with Gasteiger partial charge in [-0.15, -0.1) is 0 Å². The van der Waals surface area contributed by atoms with Gasteiger partial charge < -0.3 is 5.73 Å². The van der Waals surface area contributed by atoms with E-state index in [2.05, 4.69) is 0 Å². The van der Waals surface area contributed by atoms with Crippen molar-refractivity contribution < 1.29 is 8.42 Å². The zero-order valence-electron chi connectivity index (χ0n) is 12.0. The second-order valence-electron chi connectivity index (χ2n) is 5.28. The predicted octanol–water partition coefficient (Wildman–Crippen LogP) is 3.17. The van der Waals surface area contributed by atoms with Crippen LogP contribution in [0.2, 0.25) is 0 Å². The first-order valence-electron chi connectivity index (χ1n) is 6.44. The van der Waals surface area contributed by atoms with Crippen LogP contribution in [0.1, 0.15) is 22.3 Å². The van der Waals surface area contributed by atoms with E-state index in [4.69, 9.17) is 5.73 Å². The minimum atomic E-state index is -3.35. The van der Waals surface area contributed by atoms with Gasteiger partial charge in [0.15, 0.2) is 9.84 Å². The minimum Gasteiger partial charge on any atom is -0.399 e. The molecule has 2 aromatic carbocycles. The molecule has 0 unspecified atom stereocenters. The molecule has 2 N–H and O–H groups in total. The summed E-state index contributed by atoms with van der Waals surface area (Å²) in [5, 5.41) is 0. The Morgan fingerprint density at radius 3 is 2.10 bits per heavy atom. The van der Waals surface area contributed by atoms with E-state index in [9.17, 15) is 8.42 Å². The van der Waals surface area contributed by atoms with Crippen molar-refractivity contribution in [3.8, 4) is 0 Å². The molecule has 0 aromatic heterocycles. The molecule has 0 saturated heterocycles. The van der Waals surface area contributed by atoms with Crippen LogP contribution in [0.25, 0.3) is 0 Å². The Kier molecular flexibility index (Phi) is 3.86. The lowest BCUT2D eigenvalue weighted by Crippen LogP contribution is -2.07. The molecule has 0 amide bonds. The molecule has 0 spiro atoms. The molecule has 4 heteroatoms. The first kappa shape index (κ1) is 14.6. The summed E-state index contributed by atoms with van der Waals surface area (Å²) in [6.07, 6.45) is 0. The lowest BCUT2D eigenvalue weighted by atomic mass is 10.1. The van der Waals surface area contributed by atoms with Gasteiger partial charge in [-0.2, -0.15) is 0 Å². The number of hydrogen-bond donors (Lipinski definition) is 1. The van der Waals surface area contributed by atoms with Crippen molar-refractivity contribution in [2.75, 3.05) is 5.73 Å². The molecule has 0 saturated carbocycles. The molecule has 0 aliphatic heterocycles. The average molecular weight is 289 g/mol. The second kappa shape index (κ2) is 5.29. The molecule has 0 radical (unpaired) electrons. The Labute approximate surface area is 120 Å². The number of nitrogen functional groups attached to an aromatic ring is 1. The van der Waals surface area contributed by atoms with Crippen molar-refractivity contribution in [2.45, 2.75) is 31.4 Å². The topological polar surface area (TPSA) is 60.2 Å². The summed E-state index contributed by atoms with van der Waals surface area (Å²) < 4.78 is 25.0. The van der Waals surface area contributed by atoms with Crippen LogP contribution in [0.3, 0.4) is 0 Å². The molecular formula is C16H19NO2S. The number of aryl methyl sites for hydroxylation is 3. The number of anilines is 1. The molecule has 2 aromatic rings. The third-order valence-corrected chi connectivity index (χ3v) is 5.01. The van der Waals surface area contributed by atoms with Crippen LogP contribution in [0, 0.1) is 20.8 Å². The van der Waals surface area contributed by atoms with Crippen molar-refractivity contribution in [1.82, 2.24) is 0 Å². The molecule has 0 aliphatic carbocycles. The fourth-order valence-corrected chi connectivity index (χ4v) is 4.06. The van der Waals surface area contributed by atoms with Crippen molar-refractivity contribution in [3.05, 3.63) is 58.7 Å². The van der Waals surface area contributed by atoms with Gasteiger partial charge in [0.1, 0.15) is 0 Å². The summed E-state index contributed by atoms with van der Waals surface area (Å²) >= 11 is 0. The van der Waals surface area contributed by atoms with Gasteiger partial charge >= 0.3 is 0 Å². The highest BCUT2D eigenvalue weighted by Crippen LogP contribution is 2.23. The van der Waals surface area contributed by atoms with Crippen LogP contribution < -0.4 is 5.73 Å². The number of benzene rings is 2. The first-order valence-corrected chi connectivity index (χ1v) is 8.09. The van der Waals surface area contributed by atoms with E-state index in [0.29, 0.717) is 16.1 Å². The summed E-state index contributed by atoms with van der Waals surface area (Å²) in [5.74, 6) is 0.0142. The van der Waals surface area contributed by atoms with Gasteiger partial charge in [-0.05, 0) is 50.1 Å². The van der Waals surface area contributed by atoms with E-state index in [1.54, 1.807) is 25.1 Å². The van der Waals surface area contributed by atoms with Crippen LogP contribution in [0.15, 0.2) is 41.3 Å². The summed E-state index contributed by atoms with van der Waals surface area (Å²) in [4.78, 5) is 0.353. The normalized spacial score (nSPS) is 11.6. The SMILES string of the molecule is Cc1cc(C)cc(CS(=O)(=O)c2ccc(N)cc2C)c1. The van der Waals surface area contributed by atoms with Crippen molar-refractivity contribution in [3.63, 3.8) is 0 Å². The van der Waals surface area contributed by atoms with E-state index in [1.165, 1.54) is 0 Å². The fraction of sp³-hybridized carbons (Fsp3) is 0.250. The maximum Gasteiger partial charge on any atom is 0.182 e. The van der Waals surface area contributed by atoms with Gasteiger partial charge in [-0.25, -0.2) is 8.42 Å². The largest absolute Gasteiger partial charge is 0.399 e. The Bertz CT molecular complexity index is 729. The standard InChI is InChI=1S/C16H19NO2S/c1-11-6-12(2)8-14(7-11)10-20(18,19)16-5-4-15(17)9-13(16)3/h4-9H,10,17H2,1-3H3. The average Bonchev–Trinajstić information content (AvgIpc) is 2.25. The molecule has 20 heavy (non-hydrogen) atoms. The van der Waals surface area contributed by atoms with E-state index in [0.717, 1.165) is 16.7 Å². The van der Waals surface area contributed by atoms with E-state index in [-0.39, 0.29) is 5.75 Å². The summed E-state index contributed by atoms with van der Waals surface area (Å²) in [5.41, 5.74) is 9.90. The van der Waals surface area contributed by atoms with Gasteiger partial charge in [0.25, 0.3) is 0 Å². The zero-order valence-corrected chi connectivity index (χ0v) is 12.8. The lowest BCUT2D eigenvalue weighted by Gasteiger charge is -2.10. The van der Waals surface area contributed by atoms with E-state index >= 15 is 0 Å². The molecular weight excluding hydrogens is 270 g/mol. The molecule has 3 nitrogen and oxygen atoms in total. The molecule has 0 fully saturated rings. The highest BCUT2D eigenvalue weighted by Gasteiger charge is 2.18. The highest BCUT2D eigenvalue weighted by molar-refractivity contribution is 7.90.